The lowest BCUT2D eigenvalue weighted by atomic mass is 9.94. The van der Waals surface area contributed by atoms with Gasteiger partial charge in [0.25, 0.3) is 5.79 Å². The quantitative estimate of drug-likeness (QED) is 0.762. The highest BCUT2D eigenvalue weighted by Gasteiger charge is 2.42. The molecule has 5 rings (SSSR count). The number of fused-ring (bicyclic) bond motifs is 1. The zero-order valence-corrected chi connectivity index (χ0v) is 16.8. The first-order chi connectivity index (χ1) is 13.6. The summed E-state index contributed by atoms with van der Waals surface area (Å²) >= 11 is 1.43. The molecule has 0 unspecified atom stereocenters. The van der Waals surface area contributed by atoms with Crippen molar-refractivity contribution >= 4 is 23.4 Å². The van der Waals surface area contributed by atoms with Gasteiger partial charge in [0.2, 0.25) is 5.91 Å². The van der Waals surface area contributed by atoms with Crippen molar-refractivity contribution in [3.05, 3.63) is 24.0 Å². The summed E-state index contributed by atoms with van der Waals surface area (Å²) in [6.45, 7) is 1.96. The average molecular weight is 401 g/mol. The summed E-state index contributed by atoms with van der Waals surface area (Å²) in [6.07, 6.45) is 7.65. The number of nitrogens with one attached hydrogen (secondary N) is 1. The molecule has 2 heterocycles. The van der Waals surface area contributed by atoms with Gasteiger partial charge in [0, 0.05) is 30.6 Å². The Labute approximate surface area is 168 Å². The lowest BCUT2D eigenvalue weighted by Gasteiger charge is -2.31. The van der Waals surface area contributed by atoms with Crippen molar-refractivity contribution in [1.29, 1.82) is 0 Å². The van der Waals surface area contributed by atoms with Crippen LogP contribution in [0, 0.1) is 6.92 Å². The van der Waals surface area contributed by atoms with Crippen LogP contribution in [0.5, 0.6) is 11.5 Å². The Morgan fingerprint density at radius 2 is 2.00 bits per heavy atom. The van der Waals surface area contributed by atoms with Gasteiger partial charge in [-0.25, -0.2) is 0 Å². The third-order valence-corrected chi connectivity index (χ3v) is 6.46. The molecule has 2 fully saturated rings. The Morgan fingerprint density at radius 3 is 2.79 bits per heavy atom. The molecule has 1 N–H and O–H groups in total. The summed E-state index contributed by atoms with van der Waals surface area (Å²) in [5, 5.41) is 12.1. The number of carbonyl (C=O) groups excluding carboxylic acids is 1. The van der Waals surface area contributed by atoms with E-state index in [2.05, 4.69) is 20.1 Å². The minimum absolute atomic E-state index is 0.0701. The molecule has 0 atom stereocenters. The second-order valence-electron chi connectivity index (χ2n) is 7.80. The van der Waals surface area contributed by atoms with Crippen LogP contribution in [0.2, 0.25) is 0 Å². The van der Waals surface area contributed by atoms with E-state index < -0.39 is 5.79 Å². The lowest BCUT2D eigenvalue weighted by Crippen LogP contribution is -2.40. The van der Waals surface area contributed by atoms with E-state index >= 15 is 0 Å². The molecule has 1 aromatic heterocycles. The molecule has 2 aliphatic carbocycles. The van der Waals surface area contributed by atoms with Gasteiger partial charge in [-0.1, -0.05) is 18.2 Å². The van der Waals surface area contributed by atoms with E-state index in [1.165, 1.54) is 18.2 Å². The fourth-order valence-electron chi connectivity index (χ4n) is 3.99. The zero-order chi connectivity index (χ0) is 19.1. The van der Waals surface area contributed by atoms with Crippen LogP contribution in [-0.2, 0) is 4.79 Å². The van der Waals surface area contributed by atoms with Crippen molar-refractivity contribution in [1.82, 2.24) is 14.8 Å². The number of aryl methyl sites for hydroxylation is 1. The van der Waals surface area contributed by atoms with Crippen molar-refractivity contribution in [2.24, 2.45) is 0 Å². The smallest absolute Gasteiger partial charge is 0.251 e. The Bertz CT molecular complexity index is 903. The number of hydrogen-bond acceptors (Lipinski definition) is 6. The number of thioether (sulfide) groups is 1. The normalized spacial score (nSPS) is 19.8. The van der Waals surface area contributed by atoms with E-state index in [0.717, 1.165) is 66.7 Å². The number of nitrogens with zero attached hydrogens (tertiary/aromatic N) is 3. The highest BCUT2D eigenvalue weighted by atomic mass is 32.2. The lowest BCUT2D eigenvalue weighted by molar-refractivity contribution is -0.113. The summed E-state index contributed by atoms with van der Waals surface area (Å²) in [7, 11) is 0. The summed E-state index contributed by atoms with van der Waals surface area (Å²) in [4.78, 5) is 12.4. The molecule has 1 amide bonds. The Balaban J connectivity index is 1.20. The fourth-order valence-corrected chi connectivity index (χ4v) is 4.85. The van der Waals surface area contributed by atoms with Gasteiger partial charge in [-0.2, -0.15) is 0 Å². The molecule has 2 saturated carbocycles. The Kier molecular flexibility index (Phi) is 4.45. The third-order valence-electron chi connectivity index (χ3n) is 5.51. The van der Waals surface area contributed by atoms with Crippen molar-refractivity contribution in [2.75, 3.05) is 11.1 Å². The van der Waals surface area contributed by atoms with E-state index in [1.54, 1.807) is 0 Å². The first-order valence-electron chi connectivity index (χ1n) is 9.98. The highest BCUT2D eigenvalue weighted by molar-refractivity contribution is 7.99. The van der Waals surface area contributed by atoms with Crippen LogP contribution in [-0.4, -0.2) is 32.2 Å². The zero-order valence-electron chi connectivity index (χ0n) is 15.9. The molecule has 3 aliphatic rings. The molecule has 0 saturated heterocycles. The highest BCUT2D eigenvalue weighted by Crippen LogP contribution is 2.46. The largest absolute Gasteiger partial charge is 0.448 e. The van der Waals surface area contributed by atoms with Crippen LogP contribution in [0.25, 0.3) is 0 Å². The van der Waals surface area contributed by atoms with Crippen LogP contribution in [0.1, 0.15) is 56.8 Å². The van der Waals surface area contributed by atoms with Crippen molar-refractivity contribution in [2.45, 2.75) is 68.9 Å². The van der Waals surface area contributed by atoms with Crippen LogP contribution < -0.4 is 14.8 Å². The second-order valence-corrected chi connectivity index (χ2v) is 8.75. The number of benzene rings is 1. The van der Waals surface area contributed by atoms with E-state index in [0.29, 0.717) is 11.8 Å². The van der Waals surface area contributed by atoms with Gasteiger partial charge in [-0.15, -0.1) is 10.2 Å². The topological polar surface area (TPSA) is 78.3 Å². The van der Waals surface area contributed by atoms with Gasteiger partial charge in [0.1, 0.15) is 5.82 Å². The van der Waals surface area contributed by atoms with Gasteiger partial charge in [-0.3, -0.25) is 4.79 Å². The predicted molar refractivity (Wildman–Crippen MR) is 106 cm³/mol. The number of carbonyl (C=O) groups is 1. The summed E-state index contributed by atoms with van der Waals surface area (Å²) in [6, 6.07) is 6.11. The van der Waals surface area contributed by atoms with Gasteiger partial charge in [0.05, 0.1) is 5.75 Å². The SMILES string of the molecule is Cc1nnc(SCC(=O)Nc2ccc3c(c2)OC2(CCCCC2)O3)n1C1CC1. The predicted octanol–water partition coefficient (Wildman–Crippen LogP) is 4.08. The number of hydrogen-bond donors (Lipinski definition) is 1. The Hall–Kier alpha value is -2.22. The molecule has 148 valence electrons. The minimum atomic E-state index is -0.496. The second kappa shape index (κ2) is 6.99. The van der Waals surface area contributed by atoms with E-state index in [4.69, 9.17) is 9.47 Å². The fraction of sp³-hybridized carbons (Fsp3) is 0.550. The molecule has 1 aromatic carbocycles. The summed E-state index contributed by atoms with van der Waals surface area (Å²) in [5.74, 6) is 2.13. The van der Waals surface area contributed by atoms with Crippen LogP contribution in [0.3, 0.4) is 0 Å². The average Bonchev–Trinajstić information content (AvgIpc) is 3.36. The molecule has 0 radical (unpaired) electrons. The molecule has 2 aromatic rings. The van der Waals surface area contributed by atoms with Gasteiger partial charge < -0.3 is 19.4 Å². The van der Waals surface area contributed by atoms with Crippen molar-refractivity contribution < 1.29 is 14.3 Å². The van der Waals surface area contributed by atoms with Crippen molar-refractivity contribution in [3.8, 4) is 11.5 Å². The maximum absolute atomic E-state index is 12.4. The van der Waals surface area contributed by atoms with Gasteiger partial charge >= 0.3 is 0 Å². The van der Waals surface area contributed by atoms with Crippen LogP contribution >= 0.6 is 11.8 Å². The molecule has 28 heavy (non-hydrogen) atoms. The monoisotopic (exact) mass is 400 g/mol. The number of anilines is 1. The number of ether oxygens (including phenoxy) is 2. The number of aromatic nitrogens is 3. The molecule has 0 bridgehead atoms. The van der Waals surface area contributed by atoms with Crippen molar-refractivity contribution in [3.63, 3.8) is 0 Å². The molecule has 8 heteroatoms. The molecular formula is C20H24N4O3S. The van der Waals surface area contributed by atoms with Gasteiger partial charge in [0.15, 0.2) is 16.7 Å². The summed E-state index contributed by atoms with van der Waals surface area (Å²) < 4.78 is 14.4. The summed E-state index contributed by atoms with van der Waals surface area (Å²) in [5.41, 5.74) is 0.723. The number of rotatable bonds is 5. The minimum Gasteiger partial charge on any atom is -0.448 e. The van der Waals surface area contributed by atoms with E-state index in [9.17, 15) is 4.79 Å². The maximum Gasteiger partial charge on any atom is 0.251 e. The maximum atomic E-state index is 12.4. The molecule has 1 spiro atoms. The third kappa shape index (κ3) is 3.45. The molecule has 7 nitrogen and oxygen atoms in total. The van der Waals surface area contributed by atoms with Crippen LogP contribution in [0.4, 0.5) is 5.69 Å². The molecule has 1 aliphatic heterocycles. The first-order valence-corrected chi connectivity index (χ1v) is 11.0. The first kappa shape index (κ1) is 17.8. The van der Waals surface area contributed by atoms with E-state index in [1.807, 2.05) is 25.1 Å². The standard InChI is InChI=1S/C20H24N4O3S/c1-13-22-23-19(24(13)15-6-7-15)28-12-18(25)21-14-5-8-16-17(11-14)27-20(26-16)9-3-2-4-10-20/h5,8,11,15H,2-4,6-7,9-10,12H2,1H3,(H,21,25). The van der Waals surface area contributed by atoms with Gasteiger partial charge in [-0.05, 0) is 44.7 Å². The van der Waals surface area contributed by atoms with Crippen LogP contribution in [0.15, 0.2) is 23.4 Å². The van der Waals surface area contributed by atoms with E-state index in [-0.39, 0.29) is 5.91 Å². The number of amides is 1. The molecular weight excluding hydrogens is 376 g/mol. The Morgan fingerprint density at radius 1 is 1.21 bits per heavy atom.